The average Bonchev–Trinajstić information content (AvgIpc) is 2.69. The van der Waals surface area contributed by atoms with E-state index in [-0.39, 0.29) is 0 Å². The Morgan fingerprint density at radius 3 is 2.81 bits per heavy atom. The van der Waals surface area contributed by atoms with Crippen molar-refractivity contribution < 1.29 is 9.53 Å². The lowest BCUT2D eigenvalue weighted by molar-refractivity contribution is 0.259. The van der Waals surface area contributed by atoms with Gasteiger partial charge in [0, 0.05) is 25.0 Å². The lowest BCUT2D eigenvalue weighted by Crippen LogP contribution is -2.19. The number of aromatic nitrogens is 2. The van der Waals surface area contributed by atoms with E-state index in [1.807, 2.05) is 32.2 Å². The Kier molecular flexibility index (Phi) is 4.32. The van der Waals surface area contributed by atoms with E-state index in [1.165, 1.54) is 0 Å². The summed E-state index contributed by atoms with van der Waals surface area (Å²) in [6.07, 6.45) is 0. The first-order valence-electron chi connectivity index (χ1n) is 6.48. The van der Waals surface area contributed by atoms with E-state index in [1.54, 1.807) is 17.9 Å². The molecule has 0 unspecified atom stereocenters. The van der Waals surface area contributed by atoms with Crippen molar-refractivity contribution in [1.82, 2.24) is 9.78 Å². The number of primary amides is 1. The minimum absolute atomic E-state index is 0.572. The molecule has 1 aromatic carbocycles. The Labute approximate surface area is 123 Å². The summed E-state index contributed by atoms with van der Waals surface area (Å²) >= 11 is 0. The molecule has 0 aliphatic rings. The van der Waals surface area contributed by atoms with E-state index < -0.39 is 6.03 Å². The van der Waals surface area contributed by atoms with Crippen LogP contribution in [0.5, 0.6) is 5.88 Å². The summed E-state index contributed by atoms with van der Waals surface area (Å²) < 4.78 is 7.05. The van der Waals surface area contributed by atoms with Crippen LogP contribution in [0.4, 0.5) is 16.2 Å². The summed E-state index contributed by atoms with van der Waals surface area (Å²) in [6, 6.07) is 6.73. The van der Waals surface area contributed by atoms with Crippen molar-refractivity contribution >= 4 is 17.4 Å². The maximum atomic E-state index is 10.9. The molecule has 2 amide bonds. The van der Waals surface area contributed by atoms with Crippen molar-refractivity contribution in [3.05, 3.63) is 35.5 Å². The lowest BCUT2D eigenvalue weighted by Gasteiger charge is -2.09. The van der Waals surface area contributed by atoms with Crippen molar-refractivity contribution in [3.63, 3.8) is 0 Å². The summed E-state index contributed by atoms with van der Waals surface area (Å²) in [5.74, 6) is 0.728. The van der Waals surface area contributed by atoms with Crippen LogP contribution in [0.2, 0.25) is 0 Å². The van der Waals surface area contributed by atoms with Gasteiger partial charge in [0.15, 0.2) is 0 Å². The molecule has 0 bridgehead atoms. The summed E-state index contributed by atoms with van der Waals surface area (Å²) in [5, 5.41) is 10.1. The van der Waals surface area contributed by atoms with Crippen LogP contribution in [0.25, 0.3) is 0 Å². The number of nitrogens with zero attached hydrogens (tertiary/aromatic N) is 2. The Bertz CT molecular complexity index is 651. The van der Waals surface area contributed by atoms with Gasteiger partial charge in [0.2, 0.25) is 5.88 Å². The monoisotopic (exact) mass is 289 g/mol. The van der Waals surface area contributed by atoms with Crippen LogP contribution in [0.1, 0.15) is 11.3 Å². The number of nitrogens with two attached hydrogens (primary N) is 1. The molecule has 1 heterocycles. The van der Waals surface area contributed by atoms with Crippen LogP contribution in [0, 0.1) is 6.92 Å². The highest BCUT2D eigenvalue weighted by molar-refractivity contribution is 5.88. The molecule has 0 atom stereocenters. The van der Waals surface area contributed by atoms with Crippen LogP contribution in [-0.2, 0) is 13.6 Å². The standard InChI is InChI=1S/C14H19N5O2/c1-9-12(13(21-3)19(2)18-9)8-16-10-5-4-6-11(7-10)17-14(15)20/h4-7,16H,8H2,1-3H3,(H3,15,17,20). The SMILES string of the molecule is COc1c(CNc2cccc(NC(N)=O)c2)c(C)nn1C. The smallest absolute Gasteiger partial charge is 0.316 e. The van der Waals surface area contributed by atoms with Gasteiger partial charge in [-0.15, -0.1) is 0 Å². The molecule has 21 heavy (non-hydrogen) atoms. The summed E-state index contributed by atoms with van der Waals surface area (Å²) in [6.45, 7) is 2.51. The van der Waals surface area contributed by atoms with E-state index in [0.29, 0.717) is 12.2 Å². The number of rotatable bonds is 5. The van der Waals surface area contributed by atoms with Gasteiger partial charge in [-0.05, 0) is 25.1 Å². The Morgan fingerprint density at radius 1 is 1.43 bits per heavy atom. The van der Waals surface area contributed by atoms with Crippen LogP contribution in [0.3, 0.4) is 0 Å². The van der Waals surface area contributed by atoms with Gasteiger partial charge < -0.3 is 21.1 Å². The largest absolute Gasteiger partial charge is 0.481 e. The molecular weight excluding hydrogens is 270 g/mol. The van der Waals surface area contributed by atoms with E-state index in [9.17, 15) is 4.79 Å². The molecule has 0 radical (unpaired) electrons. The second-order valence-electron chi connectivity index (χ2n) is 4.62. The molecular formula is C14H19N5O2. The second-order valence-corrected chi connectivity index (χ2v) is 4.62. The molecule has 2 rings (SSSR count). The predicted octanol–water partition coefficient (Wildman–Crippen LogP) is 1.84. The first-order valence-corrected chi connectivity index (χ1v) is 6.48. The number of urea groups is 1. The van der Waals surface area contributed by atoms with E-state index in [4.69, 9.17) is 10.5 Å². The molecule has 7 heteroatoms. The minimum atomic E-state index is -0.586. The van der Waals surface area contributed by atoms with Crippen molar-refractivity contribution in [2.45, 2.75) is 13.5 Å². The summed E-state index contributed by atoms with van der Waals surface area (Å²) in [5.41, 5.74) is 8.51. The van der Waals surface area contributed by atoms with Gasteiger partial charge >= 0.3 is 6.03 Å². The Morgan fingerprint density at radius 2 is 2.14 bits per heavy atom. The fourth-order valence-electron chi connectivity index (χ4n) is 2.18. The number of anilines is 2. The zero-order chi connectivity index (χ0) is 15.4. The number of hydrogen-bond acceptors (Lipinski definition) is 4. The maximum Gasteiger partial charge on any atom is 0.316 e. The summed E-state index contributed by atoms with van der Waals surface area (Å²) in [4.78, 5) is 10.9. The van der Waals surface area contributed by atoms with Crippen molar-refractivity contribution in [1.29, 1.82) is 0 Å². The van der Waals surface area contributed by atoms with Gasteiger partial charge in [0.05, 0.1) is 18.4 Å². The van der Waals surface area contributed by atoms with Gasteiger partial charge in [-0.2, -0.15) is 5.10 Å². The zero-order valence-electron chi connectivity index (χ0n) is 12.3. The topological polar surface area (TPSA) is 94.2 Å². The van der Waals surface area contributed by atoms with Gasteiger partial charge in [0.25, 0.3) is 0 Å². The number of carbonyl (C=O) groups is 1. The molecule has 0 spiro atoms. The number of aryl methyl sites for hydroxylation is 2. The number of benzene rings is 1. The van der Waals surface area contributed by atoms with Gasteiger partial charge in [0.1, 0.15) is 0 Å². The van der Waals surface area contributed by atoms with Crippen molar-refractivity contribution in [2.75, 3.05) is 17.7 Å². The molecule has 0 saturated carbocycles. The third-order valence-corrected chi connectivity index (χ3v) is 3.08. The van der Waals surface area contributed by atoms with Gasteiger partial charge in [-0.25, -0.2) is 9.48 Å². The zero-order valence-corrected chi connectivity index (χ0v) is 12.3. The van der Waals surface area contributed by atoms with Crippen molar-refractivity contribution in [3.8, 4) is 5.88 Å². The summed E-state index contributed by atoms with van der Waals surface area (Å²) in [7, 11) is 3.46. The molecule has 0 fully saturated rings. The van der Waals surface area contributed by atoms with E-state index in [2.05, 4.69) is 15.7 Å². The van der Waals surface area contributed by atoms with Crippen LogP contribution < -0.4 is 21.1 Å². The minimum Gasteiger partial charge on any atom is -0.481 e. The quantitative estimate of drug-likeness (QED) is 0.782. The van der Waals surface area contributed by atoms with Crippen molar-refractivity contribution in [2.24, 2.45) is 12.8 Å². The predicted molar refractivity (Wildman–Crippen MR) is 81.5 cm³/mol. The highest BCUT2D eigenvalue weighted by Gasteiger charge is 2.13. The highest BCUT2D eigenvalue weighted by Crippen LogP contribution is 2.23. The Hall–Kier alpha value is -2.70. The Balaban J connectivity index is 2.11. The molecule has 112 valence electrons. The number of amides is 2. The number of methoxy groups -OCH3 is 1. The van der Waals surface area contributed by atoms with Crippen LogP contribution in [-0.4, -0.2) is 22.9 Å². The lowest BCUT2D eigenvalue weighted by atomic mass is 10.2. The maximum absolute atomic E-state index is 10.9. The fourth-order valence-corrected chi connectivity index (χ4v) is 2.18. The molecule has 0 aliphatic heterocycles. The third-order valence-electron chi connectivity index (χ3n) is 3.08. The molecule has 0 saturated heterocycles. The number of ether oxygens (including phenoxy) is 1. The molecule has 2 aromatic rings. The fraction of sp³-hybridized carbons (Fsp3) is 0.286. The average molecular weight is 289 g/mol. The van der Waals surface area contributed by atoms with Gasteiger partial charge in [-0.3, -0.25) is 0 Å². The molecule has 7 nitrogen and oxygen atoms in total. The van der Waals surface area contributed by atoms with Crippen LogP contribution >= 0.6 is 0 Å². The molecule has 1 aromatic heterocycles. The second kappa shape index (κ2) is 6.17. The highest BCUT2D eigenvalue weighted by atomic mass is 16.5. The van der Waals surface area contributed by atoms with E-state index >= 15 is 0 Å². The van der Waals surface area contributed by atoms with E-state index in [0.717, 1.165) is 22.8 Å². The number of nitrogens with one attached hydrogen (secondary N) is 2. The molecule has 0 aliphatic carbocycles. The third kappa shape index (κ3) is 3.44. The number of carbonyl (C=O) groups excluding carboxylic acids is 1. The van der Waals surface area contributed by atoms with Crippen LogP contribution in [0.15, 0.2) is 24.3 Å². The van der Waals surface area contributed by atoms with Gasteiger partial charge in [-0.1, -0.05) is 6.07 Å². The first-order chi connectivity index (χ1) is 10.0. The normalized spacial score (nSPS) is 10.2. The number of hydrogen-bond donors (Lipinski definition) is 3. The molecule has 4 N–H and O–H groups in total. The first kappa shape index (κ1) is 14.7.